The number of carbonyl (C=O) groups is 1. The summed E-state index contributed by atoms with van der Waals surface area (Å²) < 4.78 is 1.44. The van der Waals surface area contributed by atoms with Gasteiger partial charge in [0.1, 0.15) is 0 Å². The van der Waals surface area contributed by atoms with Gasteiger partial charge in [-0.05, 0) is 6.07 Å². The average molecular weight is 207 g/mol. The maximum Gasteiger partial charge on any atom is 0.250 e. The molecule has 0 aromatic carbocycles. The molecular weight excluding hydrogens is 194 g/mol. The molecule has 0 saturated carbocycles. The highest BCUT2D eigenvalue weighted by molar-refractivity contribution is 5.93. The fraction of sp³-hybridized carbons (Fsp3) is 0.400. The van der Waals surface area contributed by atoms with Crippen LogP contribution in [-0.4, -0.2) is 23.6 Å². The molecular formula is C10H13N3O2. The Bertz CT molecular complexity index is 435. The molecule has 0 atom stereocenters. The van der Waals surface area contributed by atoms with Crippen LogP contribution in [0.4, 0.5) is 5.69 Å². The Kier molecular flexibility index (Phi) is 2.55. The quantitative estimate of drug-likeness (QED) is 0.690. The van der Waals surface area contributed by atoms with Crippen molar-refractivity contribution in [3.63, 3.8) is 0 Å². The molecule has 2 rings (SSSR count). The summed E-state index contributed by atoms with van der Waals surface area (Å²) in [6.07, 6.45) is 1.62. The molecule has 0 bridgehead atoms. The largest absolute Gasteiger partial charge is 0.324 e. The fourth-order valence-corrected chi connectivity index (χ4v) is 1.39. The van der Waals surface area contributed by atoms with Crippen LogP contribution in [0.1, 0.15) is 0 Å². The number of aromatic nitrogens is 1. The third-order valence-corrected chi connectivity index (χ3v) is 2.51. The van der Waals surface area contributed by atoms with E-state index in [-0.39, 0.29) is 17.4 Å². The number of rotatable bonds is 2. The Hall–Kier alpha value is -1.62. The number of hydrogen-bond donors (Lipinski definition) is 2. The Morgan fingerprint density at radius 1 is 1.53 bits per heavy atom. The predicted molar refractivity (Wildman–Crippen MR) is 56.7 cm³/mol. The first-order valence-corrected chi connectivity index (χ1v) is 4.85. The topological polar surface area (TPSA) is 63.1 Å². The lowest BCUT2D eigenvalue weighted by molar-refractivity contribution is -0.121. The summed E-state index contributed by atoms with van der Waals surface area (Å²) in [5, 5.41) is 5.81. The minimum absolute atomic E-state index is 0.00685. The number of pyridine rings is 1. The highest BCUT2D eigenvalue weighted by atomic mass is 16.2. The van der Waals surface area contributed by atoms with Gasteiger partial charge >= 0.3 is 0 Å². The van der Waals surface area contributed by atoms with E-state index in [9.17, 15) is 9.59 Å². The molecule has 5 heteroatoms. The van der Waals surface area contributed by atoms with Gasteiger partial charge in [0.05, 0.1) is 11.6 Å². The van der Waals surface area contributed by atoms with Crippen molar-refractivity contribution in [2.75, 3.05) is 18.4 Å². The van der Waals surface area contributed by atoms with Crippen LogP contribution in [0.2, 0.25) is 0 Å². The highest BCUT2D eigenvalue weighted by Crippen LogP contribution is 2.08. The number of aryl methyl sites for hydroxylation is 1. The van der Waals surface area contributed by atoms with E-state index < -0.39 is 0 Å². The number of amides is 1. The number of nitrogens with zero attached hydrogens (tertiary/aromatic N) is 1. The first-order chi connectivity index (χ1) is 7.16. The summed E-state index contributed by atoms with van der Waals surface area (Å²) in [5.74, 6) is 0.0645. The van der Waals surface area contributed by atoms with Gasteiger partial charge in [-0.3, -0.25) is 9.59 Å². The second-order valence-corrected chi connectivity index (χ2v) is 3.71. The SMILES string of the molecule is Cn1cc(NC(=O)C2CNC2)ccc1=O. The van der Waals surface area contributed by atoms with Crippen LogP contribution in [0.25, 0.3) is 0 Å². The molecule has 1 aliphatic rings. The molecule has 0 unspecified atom stereocenters. The Labute approximate surface area is 87.1 Å². The van der Waals surface area contributed by atoms with Crippen LogP contribution >= 0.6 is 0 Å². The van der Waals surface area contributed by atoms with Gasteiger partial charge in [-0.2, -0.15) is 0 Å². The van der Waals surface area contributed by atoms with E-state index in [0.717, 1.165) is 13.1 Å². The van der Waals surface area contributed by atoms with Crippen molar-refractivity contribution in [3.05, 3.63) is 28.7 Å². The van der Waals surface area contributed by atoms with Crippen molar-refractivity contribution in [2.45, 2.75) is 0 Å². The van der Waals surface area contributed by atoms with Crippen molar-refractivity contribution >= 4 is 11.6 Å². The molecule has 1 aromatic rings. The van der Waals surface area contributed by atoms with E-state index in [1.165, 1.54) is 10.6 Å². The maximum absolute atomic E-state index is 11.6. The van der Waals surface area contributed by atoms with Crippen LogP contribution in [0, 0.1) is 5.92 Å². The normalized spacial score (nSPS) is 15.8. The second-order valence-electron chi connectivity index (χ2n) is 3.71. The van der Waals surface area contributed by atoms with Crippen LogP contribution in [0.5, 0.6) is 0 Å². The predicted octanol–water partition coefficient (Wildman–Crippen LogP) is -0.457. The Morgan fingerprint density at radius 2 is 2.27 bits per heavy atom. The zero-order chi connectivity index (χ0) is 10.8. The molecule has 80 valence electrons. The van der Waals surface area contributed by atoms with Gasteiger partial charge in [0.25, 0.3) is 0 Å². The molecule has 1 fully saturated rings. The number of hydrogen-bond acceptors (Lipinski definition) is 3. The van der Waals surface area contributed by atoms with E-state index in [1.54, 1.807) is 19.3 Å². The molecule has 1 aliphatic heterocycles. The van der Waals surface area contributed by atoms with Crippen molar-refractivity contribution in [1.29, 1.82) is 0 Å². The first-order valence-electron chi connectivity index (χ1n) is 4.85. The van der Waals surface area contributed by atoms with Crippen molar-refractivity contribution in [1.82, 2.24) is 9.88 Å². The lowest BCUT2D eigenvalue weighted by atomic mass is 10.0. The molecule has 1 amide bonds. The standard InChI is InChI=1S/C10H13N3O2/c1-13-6-8(2-3-9(13)14)12-10(15)7-4-11-5-7/h2-3,6-7,11H,4-5H2,1H3,(H,12,15). The van der Waals surface area contributed by atoms with Gasteiger partial charge in [-0.1, -0.05) is 0 Å². The summed E-state index contributed by atoms with van der Waals surface area (Å²) in [5.41, 5.74) is 0.576. The second kappa shape index (κ2) is 3.86. The number of anilines is 1. The molecule has 15 heavy (non-hydrogen) atoms. The lowest BCUT2D eigenvalue weighted by Gasteiger charge is -2.25. The fourth-order valence-electron chi connectivity index (χ4n) is 1.39. The van der Waals surface area contributed by atoms with Crippen molar-refractivity contribution < 1.29 is 4.79 Å². The zero-order valence-corrected chi connectivity index (χ0v) is 8.49. The molecule has 2 heterocycles. The third-order valence-electron chi connectivity index (χ3n) is 2.51. The van der Waals surface area contributed by atoms with Gasteiger partial charge in [-0.15, -0.1) is 0 Å². The van der Waals surface area contributed by atoms with Gasteiger partial charge < -0.3 is 15.2 Å². The number of nitrogens with one attached hydrogen (secondary N) is 2. The average Bonchev–Trinajstić information content (AvgIpc) is 2.08. The molecule has 2 N–H and O–H groups in total. The first kappa shape index (κ1) is 9.92. The van der Waals surface area contributed by atoms with Crippen LogP contribution in [-0.2, 0) is 11.8 Å². The molecule has 0 aliphatic carbocycles. The molecule has 5 nitrogen and oxygen atoms in total. The molecule has 1 saturated heterocycles. The third kappa shape index (κ3) is 2.07. The number of carbonyl (C=O) groups excluding carboxylic acids is 1. The van der Waals surface area contributed by atoms with E-state index in [1.807, 2.05) is 0 Å². The van der Waals surface area contributed by atoms with E-state index in [4.69, 9.17) is 0 Å². The minimum Gasteiger partial charge on any atom is -0.324 e. The smallest absolute Gasteiger partial charge is 0.250 e. The van der Waals surface area contributed by atoms with E-state index >= 15 is 0 Å². The van der Waals surface area contributed by atoms with Gasteiger partial charge in [0.2, 0.25) is 11.5 Å². The highest BCUT2D eigenvalue weighted by Gasteiger charge is 2.24. The summed E-state index contributed by atoms with van der Waals surface area (Å²) in [6, 6.07) is 3.06. The summed E-state index contributed by atoms with van der Waals surface area (Å²) in [6.45, 7) is 1.47. The zero-order valence-electron chi connectivity index (χ0n) is 8.49. The summed E-state index contributed by atoms with van der Waals surface area (Å²) in [4.78, 5) is 22.7. The monoisotopic (exact) mass is 207 g/mol. The lowest BCUT2D eigenvalue weighted by Crippen LogP contribution is -2.48. The van der Waals surface area contributed by atoms with Crippen molar-refractivity contribution in [3.8, 4) is 0 Å². The summed E-state index contributed by atoms with van der Waals surface area (Å²) >= 11 is 0. The van der Waals surface area contributed by atoms with Gasteiger partial charge in [0.15, 0.2) is 0 Å². The molecule has 1 aromatic heterocycles. The summed E-state index contributed by atoms with van der Waals surface area (Å²) in [7, 11) is 1.66. The van der Waals surface area contributed by atoms with Crippen LogP contribution < -0.4 is 16.2 Å². The van der Waals surface area contributed by atoms with Crippen LogP contribution in [0.3, 0.4) is 0 Å². The van der Waals surface area contributed by atoms with Gasteiger partial charge in [0, 0.05) is 32.4 Å². The molecule has 0 radical (unpaired) electrons. The van der Waals surface area contributed by atoms with Crippen LogP contribution in [0.15, 0.2) is 23.1 Å². The minimum atomic E-state index is -0.0849. The Morgan fingerprint density at radius 3 is 2.80 bits per heavy atom. The van der Waals surface area contributed by atoms with Gasteiger partial charge in [-0.25, -0.2) is 0 Å². The van der Waals surface area contributed by atoms with E-state index in [2.05, 4.69) is 10.6 Å². The Balaban J connectivity index is 2.07. The van der Waals surface area contributed by atoms with E-state index in [0.29, 0.717) is 5.69 Å². The maximum atomic E-state index is 11.6. The van der Waals surface area contributed by atoms with Crippen molar-refractivity contribution in [2.24, 2.45) is 13.0 Å². The molecule has 0 spiro atoms.